The summed E-state index contributed by atoms with van der Waals surface area (Å²) in [6.07, 6.45) is 7.22. The molecule has 3 rings (SSSR count). The second kappa shape index (κ2) is 7.04. The van der Waals surface area contributed by atoms with Crippen molar-refractivity contribution in [3.05, 3.63) is 47.0 Å². The summed E-state index contributed by atoms with van der Waals surface area (Å²) < 4.78 is 9.97. The Balaban J connectivity index is 1.57. The summed E-state index contributed by atoms with van der Waals surface area (Å²) >= 11 is 0. The first-order chi connectivity index (χ1) is 11.6. The van der Waals surface area contributed by atoms with Crippen LogP contribution in [0.3, 0.4) is 0 Å². The van der Waals surface area contributed by atoms with E-state index < -0.39 is 18.1 Å². The molecule has 0 spiro atoms. The Hall–Kier alpha value is -3.01. The van der Waals surface area contributed by atoms with Gasteiger partial charge in [0.05, 0.1) is 5.70 Å². The minimum atomic E-state index is -0.611. The largest absolute Gasteiger partial charge is 0.456 e. The molecule has 1 aliphatic carbocycles. The molecule has 124 valence electrons. The van der Waals surface area contributed by atoms with Crippen LogP contribution in [-0.2, 0) is 19.1 Å². The van der Waals surface area contributed by atoms with Crippen molar-refractivity contribution in [3.8, 4) is 0 Å². The van der Waals surface area contributed by atoms with E-state index in [4.69, 9.17) is 9.47 Å². The fourth-order valence-corrected chi connectivity index (χ4v) is 2.64. The zero-order valence-electron chi connectivity index (χ0n) is 12.9. The lowest BCUT2D eigenvalue weighted by Crippen LogP contribution is -2.46. The van der Waals surface area contributed by atoms with Gasteiger partial charge in [-0.3, -0.25) is 9.69 Å². The molecule has 0 aromatic carbocycles. The van der Waals surface area contributed by atoms with Gasteiger partial charge in [0.15, 0.2) is 0 Å². The molecule has 2 heterocycles. The van der Waals surface area contributed by atoms with E-state index in [1.807, 2.05) is 0 Å². The molecule has 1 fully saturated rings. The SMILES string of the molecule is O=C1C=C(NC(=O)[C@@H]2CCCN2C(=O)OCC2=C=C=CC=C2)CO1. The number of nitrogens with one attached hydrogen (secondary N) is 1. The zero-order valence-corrected chi connectivity index (χ0v) is 12.9. The van der Waals surface area contributed by atoms with Crippen molar-refractivity contribution in [2.45, 2.75) is 18.9 Å². The Morgan fingerprint density at radius 1 is 1.46 bits per heavy atom. The molecule has 24 heavy (non-hydrogen) atoms. The van der Waals surface area contributed by atoms with Crippen molar-refractivity contribution >= 4 is 18.0 Å². The fraction of sp³-hybridized carbons (Fsp3) is 0.353. The Labute approximate surface area is 138 Å². The standard InChI is InChI=1S/C17H16N2O5/c20-15-9-13(11-23-15)18-16(21)14-7-4-8-19(14)17(22)24-10-12-5-2-1-3-6-12/h1-2,5,9,14H,4,7-8,10-11H2,(H,18,21)/t14-/m0/s1. The first-order valence-corrected chi connectivity index (χ1v) is 7.62. The summed E-state index contributed by atoms with van der Waals surface area (Å²) in [4.78, 5) is 37.0. The van der Waals surface area contributed by atoms with Crippen molar-refractivity contribution in [2.75, 3.05) is 19.8 Å². The molecular formula is C17H16N2O5. The fourth-order valence-electron chi connectivity index (χ4n) is 2.64. The Morgan fingerprint density at radius 2 is 2.33 bits per heavy atom. The minimum absolute atomic E-state index is 0.0437. The summed E-state index contributed by atoms with van der Waals surface area (Å²) in [7, 11) is 0. The first-order valence-electron chi connectivity index (χ1n) is 7.62. The molecule has 0 radical (unpaired) electrons. The molecule has 0 saturated carbocycles. The molecule has 7 nitrogen and oxygen atoms in total. The lowest BCUT2D eigenvalue weighted by molar-refractivity contribution is -0.135. The summed E-state index contributed by atoms with van der Waals surface area (Å²) in [5.41, 5.74) is 6.74. The number of carbonyl (C=O) groups is 3. The van der Waals surface area contributed by atoms with Gasteiger partial charge in [-0.1, -0.05) is 17.5 Å². The van der Waals surface area contributed by atoms with Crippen LogP contribution < -0.4 is 5.32 Å². The molecule has 0 aromatic rings. The van der Waals surface area contributed by atoms with Crippen LogP contribution in [0, 0.1) is 0 Å². The van der Waals surface area contributed by atoms with Crippen molar-refractivity contribution in [1.29, 1.82) is 0 Å². The predicted octanol–water partition coefficient (Wildman–Crippen LogP) is 0.951. The van der Waals surface area contributed by atoms with Gasteiger partial charge in [0, 0.05) is 18.2 Å². The Morgan fingerprint density at radius 3 is 3.04 bits per heavy atom. The van der Waals surface area contributed by atoms with Gasteiger partial charge in [-0.25, -0.2) is 9.59 Å². The van der Waals surface area contributed by atoms with Crippen molar-refractivity contribution in [3.63, 3.8) is 0 Å². The predicted molar refractivity (Wildman–Crippen MR) is 82.5 cm³/mol. The van der Waals surface area contributed by atoms with Gasteiger partial charge in [0.25, 0.3) is 0 Å². The van der Waals surface area contributed by atoms with Gasteiger partial charge in [0.2, 0.25) is 5.91 Å². The molecule has 2 aliphatic heterocycles. The van der Waals surface area contributed by atoms with E-state index >= 15 is 0 Å². The van der Waals surface area contributed by atoms with Crippen LogP contribution in [0.15, 0.2) is 47.0 Å². The average Bonchev–Trinajstić information content (AvgIpc) is 3.22. The third kappa shape index (κ3) is 3.66. The molecular weight excluding hydrogens is 312 g/mol. The lowest BCUT2D eigenvalue weighted by Gasteiger charge is -2.23. The van der Waals surface area contributed by atoms with Crippen LogP contribution in [0.4, 0.5) is 4.79 Å². The number of rotatable bonds is 4. The average molecular weight is 328 g/mol. The van der Waals surface area contributed by atoms with Crippen molar-refractivity contribution in [2.24, 2.45) is 0 Å². The number of carbonyl (C=O) groups excluding carboxylic acids is 3. The molecule has 1 N–H and O–H groups in total. The number of nitrogens with zero attached hydrogens (tertiary/aromatic N) is 1. The van der Waals surface area contributed by atoms with Crippen LogP contribution >= 0.6 is 0 Å². The van der Waals surface area contributed by atoms with Crippen LogP contribution in [-0.4, -0.2) is 48.7 Å². The lowest BCUT2D eigenvalue weighted by atomic mass is 10.2. The maximum atomic E-state index is 12.3. The number of ether oxygens (including phenoxy) is 2. The highest BCUT2D eigenvalue weighted by atomic mass is 16.6. The van der Waals surface area contributed by atoms with Crippen molar-refractivity contribution < 1.29 is 23.9 Å². The zero-order chi connectivity index (χ0) is 16.9. The highest BCUT2D eigenvalue weighted by Gasteiger charge is 2.35. The highest BCUT2D eigenvalue weighted by molar-refractivity contribution is 5.90. The maximum Gasteiger partial charge on any atom is 0.410 e. The number of hydrogen-bond donors (Lipinski definition) is 1. The van der Waals surface area contributed by atoms with Gasteiger partial charge >= 0.3 is 12.1 Å². The maximum absolute atomic E-state index is 12.3. The molecule has 2 amide bonds. The normalized spacial score (nSPS) is 21.4. The molecule has 1 atom stereocenters. The van der Waals surface area contributed by atoms with Gasteiger partial charge in [-0.15, -0.1) is 0 Å². The van der Waals surface area contributed by atoms with Crippen LogP contribution in [0.25, 0.3) is 0 Å². The van der Waals surface area contributed by atoms with Gasteiger partial charge < -0.3 is 14.8 Å². The number of cyclic esters (lactones) is 1. The van der Waals surface area contributed by atoms with E-state index in [9.17, 15) is 14.4 Å². The quantitative estimate of drug-likeness (QED) is 0.613. The number of hydrogen-bond acceptors (Lipinski definition) is 5. The van der Waals surface area contributed by atoms with Gasteiger partial charge in [-0.05, 0) is 25.0 Å². The van der Waals surface area contributed by atoms with E-state index in [0.717, 1.165) is 0 Å². The van der Waals surface area contributed by atoms with E-state index in [-0.39, 0.29) is 19.1 Å². The molecule has 7 heteroatoms. The van der Waals surface area contributed by atoms with Crippen molar-refractivity contribution in [1.82, 2.24) is 10.2 Å². The van der Waals surface area contributed by atoms with E-state index in [2.05, 4.69) is 16.8 Å². The Bertz CT molecular complexity index is 736. The van der Waals surface area contributed by atoms with E-state index in [1.54, 1.807) is 18.2 Å². The molecule has 0 aromatic heterocycles. The molecule has 0 bridgehead atoms. The Kier molecular flexibility index (Phi) is 4.66. The summed E-state index contributed by atoms with van der Waals surface area (Å²) in [5.74, 6) is -0.822. The third-order valence-electron chi connectivity index (χ3n) is 3.80. The minimum Gasteiger partial charge on any atom is -0.456 e. The topological polar surface area (TPSA) is 84.9 Å². The second-order valence-electron chi connectivity index (χ2n) is 5.49. The van der Waals surface area contributed by atoms with E-state index in [1.165, 1.54) is 11.0 Å². The van der Waals surface area contributed by atoms with Crippen LogP contribution in [0.5, 0.6) is 0 Å². The molecule has 0 unspecified atom stereocenters. The van der Waals surface area contributed by atoms with Gasteiger partial charge in [0.1, 0.15) is 19.3 Å². The van der Waals surface area contributed by atoms with Crippen LogP contribution in [0.1, 0.15) is 12.8 Å². The second-order valence-corrected chi connectivity index (χ2v) is 5.49. The number of likely N-dealkylation sites (tertiary alicyclic amines) is 1. The smallest absolute Gasteiger partial charge is 0.410 e. The van der Waals surface area contributed by atoms with Gasteiger partial charge in [-0.2, -0.15) is 0 Å². The number of amides is 2. The third-order valence-corrected chi connectivity index (χ3v) is 3.80. The monoisotopic (exact) mass is 328 g/mol. The first kappa shape index (κ1) is 15.9. The van der Waals surface area contributed by atoms with E-state index in [0.29, 0.717) is 30.7 Å². The summed E-state index contributed by atoms with van der Waals surface area (Å²) in [6, 6.07) is -0.611. The summed E-state index contributed by atoms with van der Waals surface area (Å²) in [5, 5.41) is 2.63. The molecule has 3 aliphatic rings. The number of esters is 1. The molecule has 1 saturated heterocycles. The summed E-state index contributed by atoms with van der Waals surface area (Å²) in [6.45, 7) is 0.576. The van der Waals surface area contributed by atoms with Crippen LogP contribution in [0.2, 0.25) is 0 Å². The number of allylic oxidation sites excluding steroid dienone is 2. The highest BCUT2D eigenvalue weighted by Crippen LogP contribution is 2.19.